The number of aromatic nitrogens is 4. The van der Waals surface area contributed by atoms with Crippen LogP contribution in [0, 0.1) is 5.82 Å². The van der Waals surface area contributed by atoms with Crippen molar-refractivity contribution in [1.29, 1.82) is 0 Å². The van der Waals surface area contributed by atoms with E-state index in [0.717, 1.165) is 25.6 Å². The fourth-order valence-corrected chi connectivity index (χ4v) is 2.66. The summed E-state index contributed by atoms with van der Waals surface area (Å²) in [7, 11) is 0. The minimum Gasteiger partial charge on any atom is -0.348 e. The zero-order chi connectivity index (χ0) is 17.6. The zero-order valence-corrected chi connectivity index (χ0v) is 13.5. The lowest BCUT2D eigenvalue weighted by molar-refractivity contribution is -0.127. The van der Waals surface area contributed by atoms with E-state index in [0.29, 0.717) is 24.0 Å². The minimum absolute atomic E-state index is 0.0329. The highest BCUT2D eigenvalue weighted by Gasteiger charge is 2.22. The summed E-state index contributed by atoms with van der Waals surface area (Å²) >= 11 is 0. The molecular weight excluding hydrogens is 325 g/mol. The van der Waals surface area contributed by atoms with Crippen LogP contribution in [0.4, 0.5) is 21.8 Å². The largest absolute Gasteiger partial charge is 0.348 e. The van der Waals surface area contributed by atoms with Gasteiger partial charge in [-0.2, -0.15) is 10.1 Å². The molecule has 1 unspecified atom stereocenters. The van der Waals surface area contributed by atoms with Gasteiger partial charge in [-0.25, -0.2) is 4.39 Å². The lowest BCUT2D eigenvalue weighted by atomic mass is 10.1. The van der Waals surface area contributed by atoms with Crippen LogP contribution in [-0.2, 0) is 4.79 Å². The number of pyridine rings is 1. The van der Waals surface area contributed by atoms with Gasteiger partial charge in [-0.15, -0.1) is 5.10 Å². The number of carbonyl (C=O) groups excluding carboxylic acids is 1. The van der Waals surface area contributed by atoms with Gasteiger partial charge in [0.15, 0.2) is 5.82 Å². The molecule has 2 aromatic heterocycles. The third kappa shape index (κ3) is 4.46. The molecule has 1 atom stereocenters. The van der Waals surface area contributed by atoms with Crippen molar-refractivity contribution >= 4 is 23.4 Å². The molecule has 3 rings (SSSR count). The van der Waals surface area contributed by atoms with Crippen molar-refractivity contribution in [2.24, 2.45) is 0 Å². The highest BCUT2D eigenvalue weighted by molar-refractivity contribution is 5.87. The Hall–Kier alpha value is -3.10. The van der Waals surface area contributed by atoms with E-state index < -0.39 is 5.82 Å². The average Bonchev–Trinajstić information content (AvgIpc) is 2.61. The summed E-state index contributed by atoms with van der Waals surface area (Å²) in [6, 6.07) is 1.34. The van der Waals surface area contributed by atoms with E-state index in [1.807, 2.05) is 0 Å². The summed E-state index contributed by atoms with van der Waals surface area (Å²) in [5, 5.41) is 14.0. The molecule has 2 aromatic rings. The molecular formula is C16H18FN7O. The van der Waals surface area contributed by atoms with E-state index in [1.54, 1.807) is 4.90 Å². The van der Waals surface area contributed by atoms with Gasteiger partial charge in [0.25, 0.3) is 0 Å². The number of rotatable bonds is 5. The number of halogens is 1. The number of nitrogens with one attached hydrogen (secondary N) is 2. The van der Waals surface area contributed by atoms with Gasteiger partial charge in [0, 0.05) is 25.2 Å². The third-order valence-corrected chi connectivity index (χ3v) is 3.78. The van der Waals surface area contributed by atoms with Crippen LogP contribution in [0.25, 0.3) is 0 Å². The maximum atomic E-state index is 13.2. The summed E-state index contributed by atoms with van der Waals surface area (Å²) in [6.07, 6.45) is 7.14. The Kier molecular flexibility index (Phi) is 5.12. The Labute approximate surface area is 144 Å². The molecule has 2 N–H and O–H groups in total. The first kappa shape index (κ1) is 16.7. The lowest BCUT2D eigenvalue weighted by Crippen LogP contribution is -2.44. The number of hydrogen-bond donors (Lipinski definition) is 2. The highest BCUT2D eigenvalue weighted by Crippen LogP contribution is 2.17. The number of nitrogens with zero attached hydrogens (tertiary/aromatic N) is 5. The quantitative estimate of drug-likeness (QED) is 0.798. The van der Waals surface area contributed by atoms with Crippen molar-refractivity contribution in [3.8, 4) is 0 Å². The van der Waals surface area contributed by atoms with Crippen LogP contribution >= 0.6 is 0 Å². The molecule has 1 aliphatic heterocycles. The van der Waals surface area contributed by atoms with Crippen LogP contribution in [0.5, 0.6) is 0 Å². The predicted octanol–water partition coefficient (Wildman–Crippen LogP) is 1.74. The summed E-state index contributed by atoms with van der Waals surface area (Å²) in [6.45, 7) is 4.79. The van der Waals surface area contributed by atoms with Crippen molar-refractivity contribution < 1.29 is 9.18 Å². The Balaban J connectivity index is 1.65. The van der Waals surface area contributed by atoms with E-state index in [1.165, 1.54) is 24.5 Å². The van der Waals surface area contributed by atoms with Crippen molar-refractivity contribution in [1.82, 2.24) is 25.1 Å². The smallest absolute Gasteiger partial charge is 0.246 e. The van der Waals surface area contributed by atoms with E-state index in [9.17, 15) is 9.18 Å². The number of anilines is 3. The molecule has 0 aromatic carbocycles. The molecule has 1 fully saturated rings. The Morgan fingerprint density at radius 2 is 2.28 bits per heavy atom. The molecule has 3 heterocycles. The number of carbonyl (C=O) groups is 1. The first-order valence-electron chi connectivity index (χ1n) is 7.89. The third-order valence-electron chi connectivity index (χ3n) is 3.78. The molecule has 8 nitrogen and oxygen atoms in total. The standard InChI is InChI=1S/C16H18FN7O/c1-2-15(25)24-5-3-4-12(10-24)21-16-22-14(9-19-23-16)20-13-6-11(17)7-18-8-13/h2,6-9,12H,1,3-5,10H2,(H2,20,21,22,23). The van der Waals surface area contributed by atoms with Crippen LogP contribution in [-0.4, -0.2) is 50.1 Å². The van der Waals surface area contributed by atoms with Gasteiger partial charge in [-0.1, -0.05) is 6.58 Å². The molecule has 0 aliphatic carbocycles. The fourth-order valence-electron chi connectivity index (χ4n) is 2.66. The number of piperidine rings is 1. The van der Waals surface area contributed by atoms with Gasteiger partial charge in [0.05, 0.1) is 24.3 Å². The second-order valence-electron chi connectivity index (χ2n) is 5.65. The maximum absolute atomic E-state index is 13.2. The van der Waals surface area contributed by atoms with Gasteiger partial charge in [0.1, 0.15) is 5.82 Å². The number of hydrogen-bond acceptors (Lipinski definition) is 7. The Morgan fingerprint density at radius 3 is 3.08 bits per heavy atom. The monoisotopic (exact) mass is 343 g/mol. The molecule has 1 amide bonds. The molecule has 0 radical (unpaired) electrons. The topological polar surface area (TPSA) is 95.9 Å². The maximum Gasteiger partial charge on any atom is 0.246 e. The normalized spacial score (nSPS) is 17.0. The second kappa shape index (κ2) is 7.65. The predicted molar refractivity (Wildman–Crippen MR) is 90.7 cm³/mol. The van der Waals surface area contributed by atoms with Crippen LogP contribution in [0.2, 0.25) is 0 Å². The van der Waals surface area contributed by atoms with E-state index in [4.69, 9.17) is 0 Å². The summed E-state index contributed by atoms with van der Waals surface area (Å²) in [5.41, 5.74) is 0.465. The fraction of sp³-hybridized carbons (Fsp3) is 0.312. The molecule has 9 heteroatoms. The first-order valence-corrected chi connectivity index (χ1v) is 7.89. The Bertz CT molecular complexity index is 770. The molecule has 0 spiro atoms. The SMILES string of the molecule is C=CC(=O)N1CCCC(Nc2nncc(Nc3cncc(F)c3)n2)C1. The van der Waals surface area contributed by atoms with Crippen LogP contribution in [0.15, 0.2) is 37.3 Å². The van der Waals surface area contributed by atoms with E-state index in [-0.39, 0.29) is 11.9 Å². The van der Waals surface area contributed by atoms with Crippen LogP contribution in [0.3, 0.4) is 0 Å². The zero-order valence-electron chi connectivity index (χ0n) is 13.5. The first-order chi connectivity index (χ1) is 12.1. The summed E-state index contributed by atoms with van der Waals surface area (Å²) in [5.74, 6) is 0.228. The molecule has 25 heavy (non-hydrogen) atoms. The molecule has 130 valence electrons. The number of likely N-dealkylation sites (tertiary alicyclic amines) is 1. The van der Waals surface area contributed by atoms with Crippen molar-refractivity contribution in [3.05, 3.63) is 43.1 Å². The lowest BCUT2D eigenvalue weighted by Gasteiger charge is -2.32. The van der Waals surface area contributed by atoms with Gasteiger partial charge in [0.2, 0.25) is 11.9 Å². The Morgan fingerprint density at radius 1 is 1.40 bits per heavy atom. The van der Waals surface area contributed by atoms with E-state index >= 15 is 0 Å². The van der Waals surface area contributed by atoms with Crippen LogP contribution in [0.1, 0.15) is 12.8 Å². The molecule has 1 saturated heterocycles. The van der Waals surface area contributed by atoms with Crippen molar-refractivity contribution in [2.45, 2.75) is 18.9 Å². The molecule has 0 saturated carbocycles. The average molecular weight is 343 g/mol. The second-order valence-corrected chi connectivity index (χ2v) is 5.65. The minimum atomic E-state index is -0.445. The van der Waals surface area contributed by atoms with Crippen molar-refractivity contribution in [3.63, 3.8) is 0 Å². The van der Waals surface area contributed by atoms with Gasteiger partial charge >= 0.3 is 0 Å². The molecule has 0 bridgehead atoms. The number of amides is 1. The van der Waals surface area contributed by atoms with Gasteiger partial charge < -0.3 is 15.5 Å². The van der Waals surface area contributed by atoms with E-state index in [2.05, 4.69) is 37.4 Å². The van der Waals surface area contributed by atoms with Gasteiger partial charge in [-0.3, -0.25) is 9.78 Å². The van der Waals surface area contributed by atoms with Crippen molar-refractivity contribution in [2.75, 3.05) is 23.7 Å². The molecule has 1 aliphatic rings. The van der Waals surface area contributed by atoms with Crippen LogP contribution < -0.4 is 10.6 Å². The summed E-state index contributed by atoms with van der Waals surface area (Å²) < 4.78 is 13.2. The highest BCUT2D eigenvalue weighted by atomic mass is 19.1. The van der Waals surface area contributed by atoms with Gasteiger partial charge in [-0.05, 0) is 18.9 Å². The summed E-state index contributed by atoms with van der Waals surface area (Å²) in [4.78, 5) is 21.6.